The van der Waals surface area contributed by atoms with Crippen molar-refractivity contribution >= 4 is 5.95 Å². The Morgan fingerprint density at radius 1 is 1.25 bits per heavy atom. The van der Waals surface area contributed by atoms with Crippen LogP contribution in [0.3, 0.4) is 0 Å². The number of nitrogens with zero attached hydrogens (tertiary/aromatic N) is 2. The van der Waals surface area contributed by atoms with Gasteiger partial charge in [-0.1, -0.05) is 49.1 Å². The molecule has 0 radical (unpaired) electrons. The van der Waals surface area contributed by atoms with E-state index in [1.807, 2.05) is 6.20 Å². The highest BCUT2D eigenvalue weighted by Crippen LogP contribution is 2.30. The SMILES string of the molecule is Cc1cccc(CNc2nccn2C2CCCCC2)c1. The molecule has 1 aromatic heterocycles. The van der Waals surface area contributed by atoms with Crippen LogP contribution in [0, 0.1) is 6.92 Å². The van der Waals surface area contributed by atoms with Gasteiger partial charge in [0, 0.05) is 25.0 Å². The van der Waals surface area contributed by atoms with Crippen molar-refractivity contribution in [2.24, 2.45) is 0 Å². The molecule has 106 valence electrons. The number of hydrogen-bond donors (Lipinski definition) is 1. The summed E-state index contributed by atoms with van der Waals surface area (Å²) in [6.07, 6.45) is 10.7. The van der Waals surface area contributed by atoms with E-state index in [1.54, 1.807) is 0 Å². The molecule has 0 unspecified atom stereocenters. The molecule has 3 nitrogen and oxygen atoms in total. The van der Waals surface area contributed by atoms with Crippen LogP contribution in [0.15, 0.2) is 36.7 Å². The molecule has 0 amide bonds. The third-order valence-corrected chi connectivity index (χ3v) is 4.17. The lowest BCUT2D eigenvalue weighted by molar-refractivity contribution is 0.356. The van der Waals surface area contributed by atoms with Crippen molar-refractivity contribution in [2.45, 2.75) is 51.6 Å². The molecule has 3 rings (SSSR count). The number of anilines is 1. The maximum absolute atomic E-state index is 4.48. The highest BCUT2D eigenvalue weighted by Gasteiger charge is 2.17. The number of benzene rings is 1. The number of aryl methyl sites for hydroxylation is 1. The van der Waals surface area contributed by atoms with Crippen LogP contribution in [0.4, 0.5) is 5.95 Å². The minimum Gasteiger partial charge on any atom is -0.352 e. The summed E-state index contributed by atoms with van der Waals surface area (Å²) in [5.41, 5.74) is 2.61. The van der Waals surface area contributed by atoms with Crippen molar-refractivity contribution in [3.8, 4) is 0 Å². The fourth-order valence-electron chi connectivity index (χ4n) is 3.11. The van der Waals surface area contributed by atoms with Crippen LogP contribution in [0.1, 0.15) is 49.3 Å². The van der Waals surface area contributed by atoms with Crippen molar-refractivity contribution in [1.29, 1.82) is 0 Å². The Morgan fingerprint density at radius 3 is 2.90 bits per heavy atom. The molecular weight excluding hydrogens is 246 g/mol. The van der Waals surface area contributed by atoms with Crippen LogP contribution in [0.25, 0.3) is 0 Å². The highest BCUT2D eigenvalue weighted by molar-refractivity contribution is 5.31. The molecule has 3 heteroatoms. The number of imidazole rings is 1. The second-order valence-electron chi connectivity index (χ2n) is 5.79. The Kier molecular flexibility index (Phi) is 4.05. The molecule has 0 spiro atoms. The van der Waals surface area contributed by atoms with E-state index < -0.39 is 0 Å². The fraction of sp³-hybridized carbons (Fsp3) is 0.471. The van der Waals surface area contributed by atoms with E-state index >= 15 is 0 Å². The van der Waals surface area contributed by atoms with Gasteiger partial charge in [0.2, 0.25) is 5.95 Å². The van der Waals surface area contributed by atoms with E-state index in [1.165, 1.54) is 43.2 Å². The first-order valence-corrected chi connectivity index (χ1v) is 7.65. The lowest BCUT2D eigenvalue weighted by Gasteiger charge is -2.24. The number of nitrogens with one attached hydrogen (secondary N) is 1. The maximum Gasteiger partial charge on any atom is 0.203 e. The molecule has 20 heavy (non-hydrogen) atoms. The lowest BCUT2D eigenvalue weighted by Crippen LogP contribution is -2.15. The largest absolute Gasteiger partial charge is 0.352 e. The monoisotopic (exact) mass is 269 g/mol. The highest BCUT2D eigenvalue weighted by atomic mass is 15.2. The van der Waals surface area contributed by atoms with Crippen molar-refractivity contribution < 1.29 is 0 Å². The Morgan fingerprint density at radius 2 is 2.10 bits per heavy atom. The van der Waals surface area contributed by atoms with Gasteiger partial charge in [0.15, 0.2) is 0 Å². The summed E-state index contributed by atoms with van der Waals surface area (Å²) < 4.78 is 2.33. The molecule has 1 fully saturated rings. The normalized spacial score (nSPS) is 16.2. The summed E-state index contributed by atoms with van der Waals surface area (Å²) in [5, 5.41) is 3.49. The third-order valence-electron chi connectivity index (χ3n) is 4.17. The number of aromatic nitrogens is 2. The number of hydrogen-bond acceptors (Lipinski definition) is 2. The van der Waals surface area contributed by atoms with Gasteiger partial charge >= 0.3 is 0 Å². The summed E-state index contributed by atoms with van der Waals surface area (Å²) in [7, 11) is 0. The Bertz CT molecular complexity index is 553. The zero-order chi connectivity index (χ0) is 13.8. The molecule has 0 saturated heterocycles. The second kappa shape index (κ2) is 6.12. The van der Waals surface area contributed by atoms with E-state index in [0.29, 0.717) is 6.04 Å². The first-order valence-electron chi connectivity index (χ1n) is 7.65. The minimum atomic E-state index is 0.631. The van der Waals surface area contributed by atoms with E-state index in [-0.39, 0.29) is 0 Å². The third kappa shape index (κ3) is 3.03. The van der Waals surface area contributed by atoms with Crippen LogP contribution in [0.2, 0.25) is 0 Å². The van der Waals surface area contributed by atoms with Crippen LogP contribution >= 0.6 is 0 Å². The Balaban J connectivity index is 1.67. The Labute approximate surface area is 121 Å². The zero-order valence-corrected chi connectivity index (χ0v) is 12.2. The van der Waals surface area contributed by atoms with Gasteiger partial charge in [0.1, 0.15) is 0 Å². The van der Waals surface area contributed by atoms with E-state index in [2.05, 4.69) is 52.3 Å². The van der Waals surface area contributed by atoms with Crippen LogP contribution < -0.4 is 5.32 Å². The van der Waals surface area contributed by atoms with E-state index in [4.69, 9.17) is 0 Å². The number of rotatable bonds is 4. The standard InChI is InChI=1S/C17H23N3/c1-14-6-5-7-15(12-14)13-19-17-18-10-11-20(17)16-8-3-2-4-9-16/h5-7,10-12,16H,2-4,8-9,13H2,1H3,(H,18,19). The maximum atomic E-state index is 4.48. The molecule has 2 aromatic rings. The minimum absolute atomic E-state index is 0.631. The molecule has 1 aliphatic carbocycles. The molecule has 1 heterocycles. The van der Waals surface area contributed by atoms with Gasteiger partial charge in [0.05, 0.1) is 0 Å². The van der Waals surface area contributed by atoms with E-state index in [9.17, 15) is 0 Å². The van der Waals surface area contributed by atoms with Gasteiger partial charge in [-0.2, -0.15) is 0 Å². The summed E-state index contributed by atoms with van der Waals surface area (Å²) in [4.78, 5) is 4.48. The molecule has 1 saturated carbocycles. The summed E-state index contributed by atoms with van der Waals surface area (Å²) >= 11 is 0. The molecule has 1 aliphatic rings. The molecule has 0 atom stereocenters. The molecule has 0 bridgehead atoms. The predicted octanol–water partition coefficient (Wildman–Crippen LogP) is 4.31. The van der Waals surface area contributed by atoms with Crippen molar-refractivity contribution in [1.82, 2.24) is 9.55 Å². The zero-order valence-electron chi connectivity index (χ0n) is 12.2. The van der Waals surface area contributed by atoms with Gasteiger partial charge in [0.25, 0.3) is 0 Å². The first kappa shape index (κ1) is 13.2. The quantitative estimate of drug-likeness (QED) is 0.896. The smallest absolute Gasteiger partial charge is 0.203 e. The topological polar surface area (TPSA) is 29.9 Å². The van der Waals surface area contributed by atoms with Gasteiger partial charge in [-0.05, 0) is 25.3 Å². The van der Waals surface area contributed by atoms with Gasteiger partial charge in [-0.3, -0.25) is 0 Å². The Hall–Kier alpha value is -1.77. The van der Waals surface area contributed by atoms with Crippen LogP contribution in [-0.4, -0.2) is 9.55 Å². The van der Waals surface area contributed by atoms with Gasteiger partial charge in [-0.15, -0.1) is 0 Å². The average molecular weight is 269 g/mol. The molecule has 1 N–H and O–H groups in total. The average Bonchev–Trinajstić information content (AvgIpc) is 2.95. The molecule has 0 aliphatic heterocycles. The summed E-state index contributed by atoms with van der Waals surface area (Å²) in [5.74, 6) is 1.01. The van der Waals surface area contributed by atoms with Crippen LogP contribution in [0.5, 0.6) is 0 Å². The second-order valence-corrected chi connectivity index (χ2v) is 5.79. The summed E-state index contributed by atoms with van der Waals surface area (Å²) in [6, 6.07) is 9.26. The molecular formula is C17H23N3. The predicted molar refractivity (Wildman–Crippen MR) is 82.9 cm³/mol. The van der Waals surface area contributed by atoms with Gasteiger partial charge in [-0.25, -0.2) is 4.98 Å². The summed E-state index contributed by atoms with van der Waals surface area (Å²) in [6.45, 7) is 2.97. The van der Waals surface area contributed by atoms with E-state index in [0.717, 1.165) is 12.5 Å². The lowest BCUT2D eigenvalue weighted by atomic mass is 9.95. The van der Waals surface area contributed by atoms with Crippen molar-refractivity contribution in [2.75, 3.05) is 5.32 Å². The fourth-order valence-corrected chi connectivity index (χ4v) is 3.11. The first-order chi connectivity index (χ1) is 9.83. The van der Waals surface area contributed by atoms with Crippen LogP contribution in [-0.2, 0) is 6.54 Å². The van der Waals surface area contributed by atoms with Crippen molar-refractivity contribution in [3.63, 3.8) is 0 Å². The van der Waals surface area contributed by atoms with Gasteiger partial charge < -0.3 is 9.88 Å². The van der Waals surface area contributed by atoms with Crippen molar-refractivity contribution in [3.05, 3.63) is 47.8 Å². The molecule has 1 aromatic carbocycles.